The lowest BCUT2D eigenvalue weighted by molar-refractivity contribution is 0.886. The quantitative estimate of drug-likeness (QED) is 0.412. The van der Waals surface area contributed by atoms with Gasteiger partial charge in [-0.2, -0.15) is 0 Å². The molecule has 30 heavy (non-hydrogen) atoms. The summed E-state index contributed by atoms with van der Waals surface area (Å²) in [6.07, 6.45) is 1.79. The summed E-state index contributed by atoms with van der Waals surface area (Å²) < 4.78 is 4.18. The van der Waals surface area contributed by atoms with Crippen molar-refractivity contribution in [2.75, 3.05) is 0 Å². The highest BCUT2D eigenvalue weighted by Crippen LogP contribution is 2.32. The van der Waals surface area contributed by atoms with Gasteiger partial charge >= 0.3 is 0 Å². The van der Waals surface area contributed by atoms with Crippen LogP contribution in [0.5, 0.6) is 0 Å². The minimum Gasteiger partial charge on any atom is -0.331 e. The van der Waals surface area contributed by atoms with Gasteiger partial charge in [0.2, 0.25) is 0 Å². The monoisotopic (exact) mass is 393 g/mol. The minimum absolute atomic E-state index is 0.803. The Hall–Kier alpha value is -3.73. The smallest absolute Gasteiger partial charge is 0.170 e. The average molecular weight is 393 g/mol. The number of fused-ring (bicyclic) bond motifs is 1. The maximum Gasteiger partial charge on any atom is 0.170 e. The first-order valence-electron chi connectivity index (χ1n) is 10.0. The number of hydrogen-bond donors (Lipinski definition) is 0. The zero-order valence-corrected chi connectivity index (χ0v) is 17.6. The Morgan fingerprint density at radius 1 is 0.800 bits per heavy atom. The molecule has 5 heteroatoms. The summed E-state index contributed by atoms with van der Waals surface area (Å²) in [7, 11) is 2.04. The fourth-order valence-corrected chi connectivity index (χ4v) is 4.23. The van der Waals surface area contributed by atoms with Crippen LogP contribution in [-0.2, 0) is 7.05 Å². The van der Waals surface area contributed by atoms with Crippen LogP contribution < -0.4 is 0 Å². The third-order valence-corrected chi connectivity index (χ3v) is 5.76. The van der Waals surface area contributed by atoms with Crippen molar-refractivity contribution in [2.24, 2.45) is 7.05 Å². The van der Waals surface area contributed by atoms with Gasteiger partial charge in [-0.25, -0.2) is 4.98 Å². The number of imidazole rings is 1. The molecule has 2 heterocycles. The molecule has 148 valence electrons. The molecule has 0 saturated heterocycles. The van der Waals surface area contributed by atoms with Crippen molar-refractivity contribution in [3.63, 3.8) is 0 Å². The van der Waals surface area contributed by atoms with Gasteiger partial charge in [-0.1, -0.05) is 36.4 Å². The summed E-state index contributed by atoms with van der Waals surface area (Å²) in [6.45, 7) is 6.30. The average Bonchev–Trinajstić information content (AvgIpc) is 3.33. The highest BCUT2D eigenvalue weighted by molar-refractivity contribution is 5.91. The maximum atomic E-state index is 4.78. The lowest BCUT2D eigenvalue weighted by atomic mass is 9.98. The number of hydrogen-bond acceptors (Lipinski definition) is 3. The fraction of sp³-hybridized carbons (Fsp3) is 0.160. The molecule has 0 fully saturated rings. The zero-order valence-electron chi connectivity index (χ0n) is 17.6. The third kappa shape index (κ3) is 2.82. The standard InChI is InChI=1S/C25H23N5/c1-16-13-20(19-9-6-5-7-10-19)14-17(2)24(16)30-15-26-28-25(30)21-11-8-12-22-23(21)27-18(3)29(22)4/h5-15H,1-4H3. The summed E-state index contributed by atoms with van der Waals surface area (Å²) in [5.74, 6) is 1.78. The van der Waals surface area contributed by atoms with Crippen molar-refractivity contribution in [3.8, 4) is 28.2 Å². The fourth-order valence-electron chi connectivity index (χ4n) is 4.23. The normalized spacial score (nSPS) is 11.3. The Kier molecular flexibility index (Phi) is 4.24. The Morgan fingerprint density at radius 3 is 2.27 bits per heavy atom. The molecule has 0 atom stereocenters. The molecule has 5 nitrogen and oxygen atoms in total. The second-order valence-electron chi connectivity index (χ2n) is 7.74. The van der Waals surface area contributed by atoms with Gasteiger partial charge in [0.05, 0.1) is 16.7 Å². The predicted octanol–water partition coefficient (Wildman–Crippen LogP) is 5.41. The number of aryl methyl sites for hydroxylation is 4. The minimum atomic E-state index is 0.803. The topological polar surface area (TPSA) is 48.5 Å². The second kappa shape index (κ2) is 6.95. The number of rotatable bonds is 3. The lowest BCUT2D eigenvalue weighted by Gasteiger charge is -2.15. The van der Waals surface area contributed by atoms with Gasteiger partial charge in [0.1, 0.15) is 12.2 Å². The van der Waals surface area contributed by atoms with Crippen molar-refractivity contribution < 1.29 is 0 Å². The van der Waals surface area contributed by atoms with Crippen molar-refractivity contribution in [2.45, 2.75) is 20.8 Å². The maximum absolute atomic E-state index is 4.78. The van der Waals surface area contributed by atoms with Crippen LogP contribution >= 0.6 is 0 Å². The van der Waals surface area contributed by atoms with Crippen LogP contribution in [0.2, 0.25) is 0 Å². The molecule has 3 aromatic carbocycles. The van der Waals surface area contributed by atoms with Crippen LogP contribution in [0, 0.1) is 20.8 Å². The van der Waals surface area contributed by atoms with Gasteiger partial charge in [-0.3, -0.25) is 4.57 Å². The van der Waals surface area contributed by atoms with Gasteiger partial charge in [-0.15, -0.1) is 10.2 Å². The molecule has 2 aromatic heterocycles. The van der Waals surface area contributed by atoms with Crippen LogP contribution in [-0.4, -0.2) is 24.3 Å². The Balaban J connectivity index is 1.69. The van der Waals surface area contributed by atoms with E-state index >= 15 is 0 Å². The first kappa shape index (κ1) is 18.3. The van der Waals surface area contributed by atoms with Gasteiger partial charge in [0, 0.05) is 12.6 Å². The van der Waals surface area contributed by atoms with Gasteiger partial charge in [0.15, 0.2) is 5.82 Å². The van der Waals surface area contributed by atoms with Crippen molar-refractivity contribution >= 4 is 11.0 Å². The molecule has 0 N–H and O–H groups in total. The van der Waals surface area contributed by atoms with Crippen molar-refractivity contribution in [1.29, 1.82) is 0 Å². The predicted molar refractivity (Wildman–Crippen MR) is 121 cm³/mol. The van der Waals surface area contributed by atoms with E-state index < -0.39 is 0 Å². The highest BCUT2D eigenvalue weighted by Gasteiger charge is 2.18. The molecule has 0 aliphatic rings. The molecule has 0 saturated carbocycles. The first-order chi connectivity index (χ1) is 14.5. The summed E-state index contributed by atoms with van der Waals surface area (Å²) in [5, 5.41) is 8.73. The molecule has 0 bridgehead atoms. The van der Waals surface area contributed by atoms with E-state index in [2.05, 4.69) is 87.8 Å². The van der Waals surface area contributed by atoms with Crippen LogP contribution in [0.1, 0.15) is 17.0 Å². The van der Waals surface area contributed by atoms with Gasteiger partial charge in [-0.05, 0) is 67.3 Å². The second-order valence-corrected chi connectivity index (χ2v) is 7.74. The highest BCUT2D eigenvalue weighted by atomic mass is 15.3. The summed E-state index contributed by atoms with van der Waals surface area (Å²) >= 11 is 0. The van der Waals surface area contributed by atoms with Crippen molar-refractivity contribution in [1.82, 2.24) is 24.3 Å². The van der Waals surface area contributed by atoms with Crippen molar-refractivity contribution in [3.05, 3.63) is 83.9 Å². The van der Waals surface area contributed by atoms with Crippen LogP contribution in [0.15, 0.2) is 67.0 Å². The molecule has 0 spiro atoms. The van der Waals surface area contributed by atoms with E-state index in [1.54, 1.807) is 6.33 Å². The van der Waals surface area contributed by atoms with E-state index in [4.69, 9.17) is 4.98 Å². The largest absolute Gasteiger partial charge is 0.331 e. The Labute approximate surface area is 175 Å². The van der Waals surface area contributed by atoms with E-state index in [-0.39, 0.29) is 0 Å². The number of benzene rings is 3. The molecule has 0 unspecified atom stereocenters. The third-order valence-electron chi connectivity index (χ3n) is 5.76. The van der Waals surface area contributed by atoms with E-state index in [1.165, 1.54) is 22.3 Å². The first-order valence-corrected chi connectivity index (χ1v) is 10.0. The summed E-state index contributed by atoms with van der Waals surface area (Å²) in [5.41, 5.74) is 8.92. The van der Waals surface area contributed by atoms with Crippen LogP contribution in [0.4, 0.5) is 0 Å². The molecule has 0 amide bonds. The molecular weight excluding hydrogens is 370 g/mol. The molecule has 0 aliphatic heterocycles. The van der Waals surface area contributed by atoms with Crippen LogP contribution in [0.3, 0.4) is 0 Å². The summed E-state index contributed by atoms with van der Waals surface area (Å²) in [6, 6.07) is 21.1. The Morgan fingerprint density at radius 2 is 1.53 bits per heavy atom. The summed E-state index contributed by atoms with van der Waals surface area (Å²) in [4.78, 5) is 4.78. The van der Waals surface area contributed by atoms with E-state index in [9.17, 15) is 0 Å². The lowest BCUT2D eigenvalue weighted by Crippen LogP contribution is -2.02. The Bertz CT molecular complexity index is 1350. The van der Waals surface area contributed by atoms with E-state index in [0.29, 0.717) is 0 Å². The zero-order chi connectivity index (χ0) is 20.8. The molecule has 5 aromatic rings. The number of nitrogens with zero attached hydrogens (tertiary/aromatic N) is 5. The number of aromatic nitrogens is 5. The molecule has 0 aliphatic carbocycles. The molecule has 0 radical (unpaired) electrons. The van der Waals surface area contributed by atoms with Gasteiger partial charge in [0.25, 0.3) is 0 Å². The van der Waals surface area contributed by atoms with E-state index in [1.807, 2.05) is 20.0 Å². The van der Waals surface area contributed by atoms with Gasteiger partial charge < -0.3 is 4.57 Å². The molecular formula is C25H23N5. The van der Waals surface area contributed by atoms with E-state index in [0.717, 1.165) is 33.9 Å². The molecule has 5 rings (SSSR count). The SMILES string of the molecule is Cc1cc(-c2ccccc2)cc(C)c1-n1cnnc1-c1cccc2c1nc(C)n2C. The number of para-hydroxylation sites is 1. The van der Waals surface area contributed by atoms with Crippen LogP contribution in [0.25, 0.3) is 39.2 Å².